The van der Waals surface area contributed by atoms with E-state index in [0.717, 1.165) is 5.16 Å². The van der Waals surface area contributed by atoms with E-state index >= 15 is 0 Å². The van der Waals surface area contributed by atoms with E-state index in [9.17, 15) is 0 Å². The fourth-order valence-corrected chi connectivity index (χ4v) is 1.27. The van der Waals surface area contributed by atoms with Gasteiger partial charge in [-0.25, -0.2) is 0 Å². The van der Waals surface area contributed by atoms with Crippen LogP contribution in [0.1, 0.15) is 0 Å². The topological polar surface area (TPSA) is 34.6 Å². The average Bonchev–Trinajstić information content (AvgIpc) is 2.12. The summed E-state index contributed by atoms with van der Waals surface area (Å²) in [5.74, 6) is 0. The first-order valence-electron chi connectivity index (χ1n) is 2.55. The van der Waals surface area contributed by atoms with Crippen LogP contribution >= 0.6 is 11.8 Å². The molecule has 1 aromatic heterocycles. The van der Waals surface area contributed by atoms with Gasteiger partial charge < -0.3 is 24.0 Å². The fourth-order valence-electron chi connectivity index (χ4n) is 0.670. The molecule has 1 aromatic rings. The van der Waals surface area contributed by atoms with Gasteiger partial charge in [0, 0.05) is 0 Å². The molecule has 0 saturated carbocycles. The molecule has 1 rings (SSSR count). The van der Waals surface area contributed by atoms with Gasteiger partial charge in [0.15, 0.2) is 5.21 Å². The smallest absolute Gasteiger partial charge is 0.316 e. The van der Waals surface area contributed by atoms with Gasteiger partial charge in [-0.3, -0.25) is 0 Å². The molecule has 0 atom stereocenters. The minimum atomic E-state index is 0. The molecule has 4 nitrogen and oxygen atoms in total. The molecule has 0 saturated heterocycles. The summed E-state index contributed by atoms with van der Waals surface area (Å²) in [5, 5.41) is 8.64. The van der Waals surface area contributed by atoms with Crippen molar-refractivity contribution in [3.05, 3.63) is 0 Å². The highest BCUT2D eigenvalue weighted by Crippen LogP contribution is 2.03. The van der Waals surface area contributed by atoms with Crippen LogP contribution in [0.4, 0.5) is 0 Å². The van der Waals surface area contributed by atoms with E-state index < -0.39 is 0 Å². The SMILES string of the molecule is CSc1n(C)nn[n+]1C.[I-]. The highest BCUT2D eigenvalue weighted by molar-refractivity contribution is 7.98. The molecule has 0 aromatic carbocycles. The number of hydrogen-bond donors (Lipinski definition) is 0. The molecule has 58 valence electrons. The van der Waals surface area contributed by atoms with Crippen molar-refractivity contribution in [1.82, 2.24) is 15.1 Å². The Bertz CT molecular complexity index is 192. The largest absolute Gasteiger partial charge is 1.00 e. The van der Waals surface area contributed by atoms with Crippen LogP contribution in [0.3, 0.4) is 0 Å². The van der Waals surface area contributed by atoms with E-state index in [1.54, 1.807) is 21.1 Å². The van der Waals surface area contributed by atoms with E-state index in [2.05, 4.69) is 10.4 Å². The number of thioether (sulfide) groups is 1. The minimum absolute atomic E-state index is 0. The molecule has 0 aliphatic carbocycles. The van der Waals surface area contributed by atoms with Gasteiger partial charge in [-0.2, -0.15) is 0 Å². The molecule has 0 fully saturated rings. The highest BCUT2D eigenvalue weighted by atomic mass is 127. The van der Waals surface area contributed by atoms with Crippen molar-refractivity contribution in [3.63, 3.8) is 0 Å². The lowest BCUT2D eigenvalue weighted by molar-refractivity contribution is -0.766. The van der Waals surface area contributed by atoms with Crippen LogP contribution in [0.2, 0.25) is 0 Å². The summed E-state index contributed by atoms with van der Waals surface area (Å²) in [6, 6.07) is 0. The maximum atomic E-state index is 3.80. The normalized spacial score (nSPS) is 9.10. The Labute approximate surface area is 81.0 Å². The van der Waals surface area contributed by atoms with E-state index in [1.807, 2.05) is 20.4 Å². The van der Waals surface area contributed by atoms with Crippen molar-refractivity contribution in [3.8, 4) is 0 Å². The quantitative estimate of drug-likeness (QED) is 0.301. The zero-order valence-corrected chi connectivity index (χ0v) is 9.05. The first-order valence-corrected chi connectivity index (χ1v) is 3.78. The van der Waals surface area contributed by atoms with Gasteiger partial charge in [0.2, 0.25) is 0 Å². The Hall–Kier alpha value is 0.150. The molecule has 6 heteroatoms. The first-order chi connectivity index (χ1) is 4.25. The summed E-state index contributed by atoms with van der Waals surface area (Å²) in [7, 11) is 3.75. The van der Waals surface area contributed by atoms with Crippen molar-refractivity contribution < 1.29 is 28.7 Å². The van der Waals surface area contributed by atoms with Crippen LogP contribution < -0.4 is 28.7 Å². The zero-order chi connectivity index (χ0) is 6.85. The summed E-state index contributed by atoms with van der Waals surface area (Å²) >= 11 is 1.63. The summed E-state index contributed by atoms with van der Waals surface area (Å²) in [5.41, 5.74) is 0. The lowest BCUT2D eigenvalue weighted by atomic mass is 11.1. The average molecular weight is 272 g/mol. The first kappa shape index (κ1) is 10.2. The van der Waals surface area contributed by atoms with E-state index in [-0.39, 0.29) is 24.0 Å². The second kappa shape index (κ2) is 4.12. The second-order valence-corrected chi connectivity index (χ2v) is 2.49. The molecule has 0 aliphatic heterocycles. The summed E-state index contributed by atoms with van der Waals surface area (Å²) in [6.45, 7) is 0. The second-order valence-electron chi connectivity index (χ2n) is 1.71. The van der Waals surface area contributed by atoms with Crippen LogP contribution in [0.5, 0.6) is 0 Å². The Morgan fingerprint density at radius 3 is 2.40 bits per heavy atom. The van der Waals surface area contributed by atoms with Gasteiger partial charge in [0.05, 0.1) is 14.1 Å². The number of aryl methyl sites for hydroxylation is 2. The molecular formula is C4H9IN4S. The fraction of sp³-hybridized carbons (Fsp3) is 0.750. The summed E-state index contributed by atoms with van der Waals surface area (Å²) in [6.07, 6.45) is 2.00. The molecule has 0 amide bonds. The van der Waals surface area contributed by atoms with Crippen molar-refractivity contribution >= 4 is 11.8 Å². The number of rotatable bonds is 1. The van der Waals surface area contributed by atoms with Gasteiger partial charge in [-0.15, -0.1) is 4.68 Å². The number of hydrogen-bond acceptors (Lipinski definition) is 3. The third kappa shape index (κ3) is 1.82. The van der Waals surface area contributed by atoms with Crippen LogP contribution in [0, 0.1) is 0 Å². The third-order valence-electron chi connectivity index (χ3n) is 1.04. The maximum absolute atomic E-state index is 3.80. The minimum Gasteiger partial charge on any atom is -1.00 e. The van der Waals surface area contributed by atoms with Gasteiger partial charge in [-0.05, 0) is 6.26 Å². The maximum Gasteiger partial charge on any atom is 0.316 e. The number of tetrazole rings is 1. The summed E-state index contributed by atoms with van der Waals surface area (Å²) < 4.78 is 3.48. The van der Waals surface area contributed by atoms with Crippen LogP contribution in [-0.4, -0.2) is 21.4 Å². The number of nitrogens with zero attached hydrogens (tertiary/aromatic N) is 4. The Morgan fingerprint density at radius 1 is 1.60 bits per heavy atom. The zero-order valence-electron chi connectivity index (χ0n) is 6.08. The number of halogens is 1. The molecule has 0 unspecified atom stereocenters. The molecule has 0 N–H and O–H groups in total. The van der Waals surface area contributed by atoms with Gasteiger partial charge in [0.25, 0.3) is 0 Å². The lowest BCUT2D eigenvalue weighted by Crippen LogP contribution is -3.00. The Morgan fingerprint density at radius 2 is 2.20 bits per heavy atom. The molecule has 0 aliphatic rings. The van der Waals surface area contributed by atoms with Crippen LogP contribution in [-0.2, 0) is 14.1 Å². The molecule has 0 bridgehead atoms. The van der Waals surface area contributed by atoms with Crippen molar-refractivity contribution in [2.75, 3.05) is 6.26 Å². The molecule has 0 radical (unpaired) electrons. The standard InChI is InChI=1S/C4H9N4S.HI/c1-7-4(9-3)8(2)6-5-7;/h1-3H3;1H/q+1;/p-1. The van der Waals surface area contributed by atoms with Gasteiger partial charge >= 0.3 is 5.16 Å². The Kier molecular flexibility index (Phi) is 4.18. The third-order valence-corrected chi connectivity index (χ3v) is 1.94. The van der Waals surface area contributed by atoms with Crippen molar-refractivity contribution in [2.24, 2.45) is 14.1 Å². The predicted molar refractivity (Wildman–Crippen MR) is 34.0 cm³/mol. The number of aromatic nitrogens is 4. The molecule has 1 heterocycles. The highest BCUT2D eigenvalue weighted by Gasteiger charge is 2.10. The summed E-state index contributed by atoms with van der Waals surface area (Å²) in [4.78, 5) is 0. The Balaban J connectivity index is 0.000000810. The molecular weight excluding hydrogens is 263 g/mol. The molecule has 0 spiro atoms. The lowest BCUT2D eigenvalue weighted by Gasteiger charge is -1.84. The van der Waals surface area contributed by atoms with Crippen molar-refractivity contribution in [2.45, 2.75) is 5.16 Å². The van der Waals surface area contributed by atoms with Crippen molar-refractivity contribution in [1.29, 1.82) is 0 Å². The van der Waals surface area contributed by atoms with E-state index in [1.165, 1.54) is 0 Å². The van der Waals surface area contributed by atoms with E-state index in [0.29, 0.717) is 0 Å². The van der Waals surface area contributed by atoms with E-state index in [4.69, 9.17) is 0 Å². The van der Waals surface area contributed by atoms with Crippen LogP contribution in [0.15, 0.2) is 5.16 Å². The van der Waals surface area contributed by atoms with Crippen LogP contribution in [0.25, 0.3) is 0 Å². The van der Waals surface area contributed by atoms with Gasteiger partial charge in [0.1, 0.15) is 5.21 Å². The van der Waals surface area contributed by atoms with Gasteiger partial charge in [-0.1, -0.05) is 16.4 Å². The predicted octanol–water partition coefficient (Wildman–Crippen LogP) is -3.63. The molecule has 10 heavy (non-hydrogen) atoms. The monoisotopic (exact) mass is 272 g/mol.